The second-order valence-corrected chi connectivity index (χ2v) is 2.45. The van der Waals surface area contributed by atoms with Gasteiger partial charge in [0, 0.05) is 0 Å². The van der Waals surface area contributed by atoms with Crippen molar-refractivity contribution in [2.24, 2.45) is 5.10 Å². The van der Waals surface area contributed by atoms with Crippen LogP contribution in [0.25, 0.3) is 0 Å². The third kappa shape index (κ3) is 3.14. The molecule has 0 aliphatic carbocycles. The standard InChI is InChI=1S/C9H10N2O3/c1-14-8-4-2-7(3-5-8)6-10-11-9(12)13/h2-6,11H,1H3,(H,12,13). The van der Waals surface area contributed by atoms with E-state index < -0.39 is 6.09 Å². The molecule has 0 atom stereocenters. The van der Waals surface area contributed by atoms with Crippen LogP contribution in [0.15, 0.2) is 29.4 Å². The molecule has 0 saturated heterocycles. The first kappa shape index (κ1) is 10.0. The highest BCUT2D eigenvalue weighted by atomic mass is 16.5. The van der Waals surface area contributed by atoms with Gasteiger partial charge in [-0.15, -0.1) is 0 Å². The van der Waals surface area contributed by atoms with E-state index in [2.05, 4.69) is 5.10 Å². The van der Waals surface area contributed by atoms with E-state index in [1.807, 2.05) is 5.43 Å². The van der Waals surface area contributed by atoms with E-state index in [4.69, 9.17) is 9.84 Å². The molecule has 0 heterocycles. The Kier molecular flexibility index (Phi) is 3.49. The summed E-state index contributed by atoms with van der Waals surface area (Å²) in [5.41, 5.74) is 2.67. The Morgan fingerprint density at radius 2 is 2.14 bits per heavy atom. The van der Waals surface area contributed by atoms with Gasteiger partial charge in [-0.05, 0) is 29.8 Å². The summed E-state index contributed by atoms with van der Waals surface area (Å²) >= 11 is 0. The molecule has 1 aromatic rings. The molecule has 0 aliphatic rings. The molecule has 5 nitrogen and oxygen atoms in total. The Morgan fingerprint density at radius 3 is 2.64 bits per heavy atom. The van der Waals surface area contributed by atoms with Crippen molar-refractivity contribution in [3.8, 4) is 5.75 Å². The van der Waals surface area contributed by atoms with Gasteiger partial charge in [-0.1, -0.05) is 0 Å². The zero-order valence-corrected chi connectivity index (χ0v) is 7.60. The molecule has 0 saturated carbocycles. The average molecular weight is 194 g/mol. The molecule has 1 aromatic carbocycles. The number of carbonyl (C=O) groups is 1. The lowest BCUT2D eigenvalue weighted by Gasteiger charge is -1.98. The van der Waals surface area contributed by atoms with Crippen LogP contribution in [0.1, 0.15) is 5.56 Å². The normalized spacial score (nSPS) is 10.1. The molecule has 0 unspecified atom stereocenters. The monoisotopic (exact) mass is 194 g/mol. The van der Waals surface area contributed by atoms with Crippen molar-refractivity contribution in [2.45, 2.75) is 0 Å². The number of hydrogen-bond acceptors (Lipinski definition) is 3. The lowest BCUT2D eigenvalue weighted by molar-refractivity contribution is 0.195. The van der Waals surface area contributed by atoms with E-state index in [1.165, 1.54) is 6.21 Å². The molecule has 1 rings (SSSR count). The predicted octanol–water partition coefficient (Wildman–Crippen LogP) is 1.30. The predicted molar refractivity (Wildman–Crippen MR) is 51.7 cm³/mol. The van der Waals surface area contributed by atoms with Crippen molar-refractivity contribution < 1.29 is 14.6 Å². The number of benzene rings is 1. The maximum absolute atomic E-state index is 10.0. The molecule has 0 fully saturated rings. The summed E-state index contributed by atoms with van der Waals surface area (Å²) in [4.78, 5) is 10.0. The fraction of sp³-hybridized carbons (Fsp3) is 0.111. The maximum Gasteiger partial charge on any atom is 0.425 e. The van der Waals surface area contributed by atoms with Crippen LogP contribution in [0.3, 0.4) is 0 Å². The van der Waals surface area contributed by atoms with Crippen molar-refractivity contribution in [3.05, 3.63) is 29.8 Å². The van der Waals surface area contributed by atoms with Gasteiger partial charge < -0.3 is 9.84 Å². The molecule has 1 amide bonds. The minimum atomic E-state index is -1.19. The minimum absolute atomic E-state index is 0.744. The quantitative estimate of drug-likeness (QED) is 0.562. The summed E-state index contributed by atoms with van der Waals surface area (Å²) in [7, 11) is 1.58. The molecule has 0 radical (unpaired) electrons. The van der Waals surface area contributed by atoms with E-state index in [-0.39, 0.29) is 0 Å². The minimum Gasteiger partial charge on any atom is -0.497 e. The Labute approximate surface area is 81.0 Å². The van der Waals surface area contributed by atoms with Crippen LogP contribution in [-0.4, -0.2) is 24.5 Å². The Morgan fingerprint density at radius 1 is 1.50 bits per heavy atom. The molecule has 5 heteroatoms. The first-order valence-corrected chi connectivity index (χ1v) is 3.88. The summed E-state index contributed by atoms with van der Waals surface area (Å²) in [5, 5.41) is 11.7. The van der Waals surface area contributed by atoms with E-state index in [0.29, 0.717) is 0 Å². The first-order valence-electron chi connectivity index (χ1n) is 3.88. The van der Waals surface area contributed by atoms with Gasteiger partial charge in [0.25, 0.3) is 0 Å². The third-order valence-electron chi connectivity index (χ3n) is 1.49. The second-order valence-electron chi connectivity index (χ2n) is 2.45. The number of amides is 1. The fourth-order valence-corrected chi connectivity index (χ4v) is 0.852. The number of nitrogens with one attached hydrogen (secondary N) is 1. The van der Waals surface area contributed by atoms with Crippen LogP contribution >= 0.6 is 0 Å². The summed E-state index contributed by atoms with van der Waals surface area (Å²) in [5.74, 6) is 0.744. The molecular weight excluding hydrogens is 184 g/mol. The van der Waals surface area contributed by atoms with Crippen LogP contribution in [0.2, 0.25) is 0 Å². The second kappa shape index (κ2) is 4.86. The third-order valence-corrected chi connectivity index (χ3v) is 1.49. The largest absolute Gasteiger partial charge is 0.497 e. The van der Waals surface area contributed by atoms with Crippen molar-refractivity contribution in [2.75, 3.05) is 7.11 Å². The fourth-order valence-electron chi connectivity index (χ4n) is 0.852. The maximum atomic E-state index is 10.0. The summed E-state index contributed by atoms with van der Waals surface area (Å²) in [6, 6.07) is 7.07. The van der Waals surface area contributed by atoms with Gasteiger partial charge in [0.15, 0.2) is 0 Å². The van der Waals surface area contributed by atoms with Gasteiger partial charge in [-0.2, -0.15) is 5.10 Å². The number of hydrazone groups is 1. The summed E-state index contributed by atoms with van der Waals surface area (Å²) in [6.07, 6.45) is 0.225. The van der Waals surface area contributed by atoms with E-state index in [9.17, 15) is 4.79 Å². The number of methoxy groups -OCH3 is 1. The zero-order chi connectivity index (χ0) is 10.4. The lowest BCUT2D eigenvalue weighted by Crippen LogP contribution is -2.13. The van der Waals surface area contributed by atoms with Gasteiger partial charge in [-0.3, -0.25) is 0 Å². The van der Waals surface area contributed by atoms with Crippen LogP contribution in [0, 0.1) is 0 Å². The Hall–Kier alpha value is -2.04. The van der Waals surface area contributed by atoms with Crippen molar-refractivity contribution in [1.29, 1.82) is 0 Å². The highest BCUT2D eigenvalue weighted by molar-refractivity contribution is 5.80. The smallest absolute Gasteiger partial charge is 0.425 e. The van der Waals surface area contributed by atoms with Gasteiger partial charge in [0.1, 0.15) is 5.75 Å². The summed E-state index contributed by atoms with van der Waals surface area (Å²) < 4.78 is 4.96. The van der Waals surface area contributed by atoms with Crippen molar-refractivity contribution in [3.63, 3.8) is 0 Å². The van der Waals surface area contributed by atoms with Crippen LogP contribution < -0.4 is 10.2 Å². The molecule has 0 spiro atoms. The molecular formula is C9H10N2O3. The molecule has 0 aliphatic heterocycles. The average Bonchev–Trinajstić information content (AvgIpc) is 2.18. The Bertz CT molecular complexity index is 332. The number of carboxylic acid groups (broad SMARTS) is 1. The van der Waals surface area contributed by atoms with Gasteiger partial charge in [0.2, 0.25) is 0 Å². The van der Waals surface area contributed by atoms with Crippen molar-refractivity contribution >= 4 is 12.3 Å². The topological polar surface area (TPSA) is 70.9 Å². The van der Waals surface area contributed by atoms with Gasteiger partial charge in [-0.25, -0.2) is 10.2 Å². The molecule has 2 N–H and O–H groups in total. The number of ether oxygens (including phenoxy) is 1. The van der Waals surface area contributed by atoms with Crippen molar-refractivity contribution in [1.82, 2.24) is 5.43 Å². The van der Waals surface area contributed by atoms with Crippen LogP contribution in [0.5, 0.6) is 5.75 Å². The van der Waals surface area contributed by atoms with Crippen LogP contribution in [-0.2, 0) is 0 Å². The number of rotatable bonds is 3. The highest BCUT2D eigenvalue weighted by Gasteiger charge is 1.91. The highest BCUT2D eigenvalue weighted by Crippen LogP contribution is 2.09. The van der Waals surface area contributed by atoms with Crippen LogP contribution in [0.4, 0.5) is 4.79 Å². The molecule has 0 aromatic heterocycles. The molecule has 74 valence electrons. The Balaban J connectivity index is 2.59. The van der Waals surface area contributed by atoms with Gasteiger partial charge in [0.05, 0.1) is 13.3 Å². The molecule has 14 heavy (non-hydrogen) atoms. The lowest BCUT2D eigenvalue weighted by atomic mass is 10.2. The first-order chi connectivity index (χ1) is 6.72. The number of hydrogen-bond donors (Lipinski definition) is 2. The van der Waals surface area contributed by atoms with E-state index >= 15 is 0 Å². The molecule has 0 bridgehead atoms. The van der Waals surface area contributed by atoms with E-state index in [0.717, 1.165) is 11.3 Å². The van der Waals surface area contributed by atoms with Gasteiger partial charge >= 0.3 is 6.09 Å². The van der Waals surface area contributed by atoms with E-state index in [1.54, 1.807) is 31.4 Å². The zero-order valence-electron chi connectivity index (χ0n) is 7.60. The SMILES string of the molecule is COc1ccc(C=NNC(=O)O)cc1. The number of nitrogens with zero attached hydrogens (tertiary/aromatic N) is 1. The summed E-state index contributed by atoms with van der Waals surface area (Å²) in [6.45, 7) is 0.